The molecule has 1 fully saturated rings. The Morgan fingerprint density at radius 3 is 2.50 bits per heavy atom. The third-order valence-electron chi connectivity index (χ3n) is 3.08. The van der Waals surface area contributed by atoms with Crippen LogP contribution in [0.3, 0.4) is 0 Å². The molecule has 2 N–H and O–H groups in total. The molecular weight excluding hydrogens is 252 g/mol. The average Bonchev–Trinajstić information content (AvgIpc) is 2.45. The summed E-state index contributed by atoms with van der Waals surface area (Å²) in [7, 11) is 0. The Labute approximate surface area is 120 Å². The summed E-state index contributed by atoms with van der Waals surface area (Å²) in [6.45, 7) is 10.5. The summed E-state index contributed by atoms with van der Waals surface area (Å²) >= 11 is 0. The molecule has 6 nitrogen and oxygen atoms in total. The van der Waals surface area contributed by atoms with E-state index in [4.69, 9.17) is 0 Å². The average molecular weight is 276 g/mol. The quantitative estimate of drug-likeness (QED) is 0.777. The maximum atomic E-state index is 4.53. The van der Waals surface area contributed by atoms with Crippen molar-refractivity contribution < 1.29 is 0 Å². The minimum absolute atomic E-state index is 0.291. The fourth-order valence-corrected chi connectivity index (χ4v) is 2.17. The van der Waals surface area contributed by atoms with Crippen LogP contribution in [0.1, 0.15) is 33.1 Å². The van der Waals surface area contributed by atoms with Crippen LogP contribution in [-0.2, 0) is 0 Å². The number of nitrogens with one attached hydrogen (secondary N) is 2. The number of rotatable bonds is 6. The van der Waals surface area contributed by atoms with Crippen molar-refractivity contribution in [2.75, 3.05) is 35.2 Å². The first-order chi connectivity index (χ1) is 9.69. The van der Waals surface area contributed by atoms with Crippen molar-refractivity contribution in [3.05, 3.63) is 12.7 Å². The molecule has 1 aromatic rings. The predicted molar refractivity (Wildman–Crippen MR) is 83.3 cm³/mol. The molecule has 0 radical (unpaired) electrons. The molecule has 20 heavy (non-hydrogen) atoms. The van der Waals surface area contributed by atoms with Crippen LogP contribution in [0.5, 0.6) is 0 Å². The van der Waals surface area contributed by atoms with Gasteiger partial charge in [0.2, 0.25) is 17.8 Å². The van der Waals surface area contributed by atoms with Gasteiger partial charge < -0.3 is 15.5 Å². The van der Waals surface area contributed by atoms with E-state index in [1.807, 2.05) is 0 Å². The van der Waals surface area contributed by atoms with E-state index in [0.717, 1.165) is 19.0 Å². The Balaban J connectivity index is 2.21. The predicted octanol–water partition coefficient (Wildman–Crippen LogP) is 2.28. The van der Waals surface area contributed by atoms with Gasteiger partial charge in [-0.1, -0.05) is 6.08 Å². The van der Waals surface area contributed by atoms with Crippen LogP contribution >= 0.6 is 0 Å². The largest absolute Gasteiger partial charge is 0.352 e. The van der Waals surface area contributed by atoms with Crippen molar-refractivity contribution in [2.24, 2.45) is 0 Å². The van der Waals surface area contributed by atoms with E-state index in [1.165, 1.54) is 19.3 Å². The van der Waals surface area contributed by atoms with E-state index in [-0.39, 0.29) is 0 Å². The van der Waals surface area contributed by atoms with Crippen LogP contribution in [0.2, 0.25) is 0 Å². The van der Waals surface area contributed by atoms with Gasteiger partial charge in [0.25, 0.3) is 0 Å². The van der Waals surface area contributed by atoms with Crippen LogP contribution in [0, 0.1) is 0 Å². The second-order valence-electron chi connectivity index (χ2n) is 5.30. The van der Waals surface area contributed by atoms with Gasteiger partial charge in [0.05, 0.1) is 0 Å². The van der Waals surface area contributed by atoms with E-state index in [1.54, 1.807) is 6.08 Å². The number of hydrogen-bond acceptors (Lipinski definition) is 6. The minimum atomic E-state index is 0.291. The third kappa shape index (κ3) is 4.08. The highest BCUT2D eigenvalue weighted by Gasteiger charge is 2.16. The highest BCUT2D eigenvalue weighted by Crippen LogP contribution is 2.18. The monoisotopic (exact) mass is 276 g/mol. The molecule has 2 rings (SSSR count). The fraction of sp³-hybridized carbons (Fsp3) is 0.643. The molecule has 0 aliphatic carbocycles. The molecule has 1 aliphatic rings. The lowest BCUT2D eigenvalue weighted by molar-refractivity contribution is 0.567. The lowest BCUT2D eigenvalue weighted by Crippen LogP contribution is -2.31. The van der Waals surface area contributed by atoms with Gasteiger partial charge in [-0.05, 0) is 33.1 Å². The standard InChI is InChI=1S/C14H24N6/c1-4-8-15-12-17-13(16-11(2)3)19-14(18-12)20-9-6-5-7-10-20/h4,11H,1,5-10H2,2-3H3,(H2,15,16,17,18,19). The van der Waals surface area contributed by atoms with Crippen molar-refractivity contribution in [3.8, 4) is 0 Å². The Kier molecular flexibility index (Phi) is 5.15. The maximum absolute atomic E-state index is 4.53. The zero-order valence-corrected chi connectivity index (χ0v) is 12.4. The van der Waals surface area contributed by atoms with Crippen LogP contribution in [-0.4, -0.2) is 40.6 Å². The molecule has 0 spiro atoms. The summed E-state index contributed by atoms with van der Waals surface area (Å²) in [6.07, 6.45) is 5.49. The van der Waals surface area contributed by atoms with E-state index in [0.29, 0.717) is 24.5 Å². The zero-order chi connectivity index (χ0) is 14.4. The molecule has 0 aromatic carbocycles. The smallest absolute Gasteiger partial charge is 0.231 e. The van der Waals surface area contributed by atoms with E-state index < -0.39 is 0 Å². The van der Waals surface area contributed by atoms with Gasteiger partial charge in [-0.3, -0.25) is 0 Å². The van der Waals surface area contributed by atoms with Crippen LogP contribution < -0.4 is 15.5 Å². The molecule has 6 heteroatoms. The van der Waals surface area contributed by atoms with Crippen molar-refractivity contribution in [1.82, 2.24) is 15.0 Å². The highest BCUT2D eigenvalue weighted by atomic mass is 15.3. The molecular formula is C14H24N6. The van der Waals surface area contributed by atoms with Gasteiger partial charge in [0, 0.05) is 25.7 Å². The maximum Gasteiger partial charge on any atom is 0.231 e. The van der Waals surface area contributed by atoms with Gasteiger partial charge in [0.15, 0.2) is 0 Å². The lowest BCUT2D eigenvalue weighted by atomic mass is 10.1. The second-order valence-corrected chi connectivity index (χ2v) is 5.30. The Morgan fingerprint density at radius 1 is 1.15 bits per heavy atom. The Hall–Kier alpha value is -1.85. The van der Waals surface area contributed by atoms with Crippen molar-refractivity contribution in [3.63, 3.8) is 0 Å². The second kappa shape index (κ2) is 7.07. The van der Waals surface area contributed by atoms with Crippen molar-refractivity contribution in [1.29, 1.82) is 0 Å². The zero-order valence-electron chi connectivity index (χ0n) is 12.4. The van der Waals surface area contributed by atoms with E-state index in [9.17, 15) is 0 Å². The van der Waals surface area contributed by atoms with Crippen LogP contribution in [0.25, 0.3) is 0 Å². The first kappa shape index (κ1) is 14.6. The van der Waals surface area contributed by atoms with Gasteiger partial charge in [-0.15, -0.1) is 6.58 Å². The summed E-state index contributed by atoms with van der Waals surface area (Å²) < 4.78 is 0. The van der Waals surface area contributed by atoms with Gasteiger partial charge in [-0.2, -0.15) is 15.0 Å². The molecule has 1 aliphatic heterocycles. The Bertz CT molecular complexity index is 439. The van der Waals surface area contributed by atoms with Crippen LogP contribution in [0.15, 0.2) is 12.7 Å². The number of aromatic nitrogens is 3. The summed E-state index contributed by atoms with van der Waals surface area (Å²) in [5.41, 5.74) is 0. The van der Waals surface area contributed by atoms with Gasteiger partial charge in [-0.25, -0.2) is 0 Å². The highest BCUT2D eigenvalue weighted by molar-refractivity contribution is 5.44. The SMILES string of the molecule is C=CCNc1nc(NC(C)C)nc(N2CCCCC2)n1. The lowest BCUT2D eigenvalue weighted by Gasteiger charge is -2.27. The molecule has 110 valence electrons. The molecule has 0 saturated carbocycles. The summed E-state index contributed by atoms with van der Waals surface area (Å²) in [4.78, 5) is 15.7. The topological polar surface area (TPSA) is 66.0 Å². The first-order valence-electron chi connectivity index (χ1n) is 7.31. The minimum Gasteiger partial charge on any atom is -0.352 e. The molecule has 0 amide bonds. The summed E-state index contributed by atoms with van der Waals surface area (Å²) in [5.74, 6) is 1.99. The number of piperidine rings is 1. The summed E-state index contributed by atoms with van der Waals surface area (Å²) in [5, 5.41) is 6.39. The van der Waals surface area contributed by atoms with E-state index in [2.05, 4.69) is 50.9 Å². The van der Waals surface area contributed by atoms with Gasteiger partial charge in [0.1, 0.15) is 0 Å². The van der Waals surface area contributed by atoms with Crippen LogP contribution in [0.4, 0.5) is 17.8 Å². The molecule has 1 saturated heterocycles. The molecule has 0 atom stereocenters. The van der Waals surface area contributed by atoms with Crippen molar-refractivity contribution in [2.45, 2.75) is 39.2 Å². The van der Waals surface area contributed by atoms with Crippen molar-refractivity contribution >= 4 is 17.8 Å². The van der Waals surface area contributed by atoms with Gasteiger partial charge >= 0.3 is 0 Å². The normalized spacial score (nSPS) is 15.2. The number of anilines is 3. The molecule has 0 unspecified atom stereocenters. The molecule has 0 bridgehead atoms. The third-order valence-corrected chi connectivity index (χ3v) is 3.08. The fourth-order valence-electron chi connectivity index (χ4n) is 2.17. The molecule has 2 heterocycles. The number of nitrogens with zero attached hydrogens (tertiary/aromatic N) is 4. The first-order valence-corrected chi connectivity index (χ1v) is 7.31. The molecule has 1 aromatic heterocycles. The summed E-state index contributed by atoms with van der Waals surface area (Å²) in [6, 6.07) is 0.291. The van der Waals surface area contributed by atoms with E-state index >= 15 is 0 Å². The number of hydrogen-bond donors (Lipinski definition) is 2. The Morgan fingerprint density at radius 2 is 1.85 bits per heavy atom.